The minimum absolute atomic E-state index is 0.0414. The predicted molar refractivity (Wildman–Crippen MR) is 89.2 cm³/mol. The molecule has 0 amide bonds. The summed E-state index contributed by atoms with van der Waals surface area (Å²) in [6.45, 7) is 6.48. The second kappa shape index (κ2) is 5.98. The Balaban J connectivity index is 2.10. The van der Waals surface area contributed by atoms with Crippen LogP contribution in [0.5, 0.6) is 0 Å². The van der Waals surface area contributed by atoms with Crippen LogP contribution < -0.4 is 0 Å². The van der Waals surface area contributed by atoms with Gasteiger partial charge in [0.2, 0.25) is 5.78 Å². The summed E-state index contributed by atoms with van der Waals surface area (Å²) >= 11 is 0. The molecule has 0 unspecified atom stereocenters. The van der Waals surface area contributed by atoms with Crippen LogP contribution >= 0.6 is 0 Å². The van der Waals surface area contributed by atoms with Crippen molar-refractivity contribution in [2.75, 3.05) is 0 Å². The number of nitrogens with zero attached hydrogens (tertiary/aromatic N) is 2. The van der Waals surface area contributed by atoms with Crippen molar-refractivity contribution >= 4 is 16.8 Å². The minimum atomic E-state index is -0.0414. The van der Waals surface area contributed by atoms with E-state index in [1.54, 1.807) is 0 Å². The smallest absolute Gasteiger partial charge is 0.228 e. The van der Waals surface area contributed by atoms with Crippen molar-refractivity contribution in [3.8, 4) is 0 Å². The predicted octanol–water partition coefficient (Wildman–Crippen LogP) is 4.15. The number of aryl methyl sites for hydroxylation is 2. The maximum absolute atomic E-state index is 12.8. The van der Waals surface area contributed by atoms with Crippen LogP contribution in [0.4, 0.5) is 0 Å². The third-order valence-electron chi connectivity index (χ3n) is 3.73. The van der Waals surface area contributed by atoms with Crippen LogP contribution in [0.2, 0.25) is 0 Å². The number of allylic oxidation sites excluding steroid dienone is 1. The van der Waals surface area contributed by atoms with E-state index < -0.39 is 0 Å². The Morgan fingerprint density at radius 2 is 1.91 bits per heavy atom. The van der Waals surface area contributed by atoms with E-state index in [4.69, 9.17) is 0 Å². The zero-order chi connectivity index (χ0) is 15.5. The van der Waals surface area contributed by atoms with E-state index in [1.165, 1.54) is 0 Å². The third-order valence-corrected chi connectivity index (χ3v) is 3.73. The molecule has 3 rings (SSSR count). The van der Waals surface area contributed by atoms with Gasteiger partial charge in [0.25, 0.3) is 0 Å². The molecule has 0 N–H and O–H groups in total. The molecule has 3 heteroatoms. The third kappa shape index (κ3) is 2.58. The van der Waals surface area contributed by atoms with Gasteiger partial charge in [0.15, 0.2) is 5.82 Å². The fraction of sp³-hybridized carbons (Fsp3) is 0.158. The van der Waals surface area contributed by atoms with Crippen LogP contribution in [0.3, 0.4) is 0 Å². The number of aromatic nitrogens is 2. The van der Waals surface area contributed by atoms with E-state index in [-0.39, 0.29) is 5.78 Å². The van der Waals surface area contributed by atoms with Gasteiger partial charge in [0.05, 0.1) is 11.0 Å². The van der Waals surface area contributed by atoms with Gasteiger partial charge in [-0.1, -0.05) is 48.0 Å². The summed E-state index contributed by atoms with van der Waals surface area (Å²) in [5.41, 5.74) is 3.64. The largest absolute Gasteiger partial charge is 0.321 e. The number of fused-ring (bicyclic) bond motifs is 1. The maximum atomic E-state index is 12.8. The Kier molecular flexibility index (Phi) is 3.88. The molecule has 0 aliphatic carbocycles. The second-order valence-corrected chi connectivity index (χ2v) is 5.35. The first-order chi connectivity index (χ1) is 10.7. The molecule has 3 nitrogen and oxygen atoms in total. The molecule has 2 aromatic carbocycles. The highest BCUT2D eigenvalue weighted by Crippen LogP contribution is 2.19. The molecule has 0 aliphatic heterocycles. The lowest BCUT2D eigenvalue weighted by Gasteiger charge is -2.07. The standard InChI is InChI=1S/C19H18N2O/c1-3-4-13-21-17-8-6-5-7-16(17)20-19(21)18(22)15-11-9-14(2)10-12-15/h3,5-12H,1,4,13H2,2H3. The average molecular weight is 290 g/mol. The second-order valence-electron chi connectivity index (χ2n) is 5.35. The van der Waals surface area contributed by atoms with E-state index in [2.05, 4.69) is 11.6 Å². The number of hydrogen-bond acceptors (Lipinski definition) is 2. The van der Waals surface area contributed by atoms with Gasteiger partial charge in [0.1, 0.15) is 0 Å². The molecule has 0 spiro atoms. The number of rotatable bonds is 5. The summed E-state index contributed by atoms with van der Waals surface area (Å²) in [4.78, 5) is 17.3. The highest BCUT2D eigenvalue weighted by Gasteiger charge is 2.18. The molecule has 0 saturated carbocycles. The SMILES string of the molecule is C=CCCn1c(C(=O)c2ccc(C)cc2)nc2ccccc21. The number of ketones is 1. The van der Waals surface area contributed by atoms with Crippen molar-refractivity contribution in [2.24, 2.45) is 0 Å². The van der Waals surface area contributed by atoms with Gasteiger partial charge in [-0.15, -0.1) is 6.58 Å². The average Bonchev–Trinajstić information content (AvgIpc) is 2.91. The van der Waals surface area contributed by atoms with Crippen LogP contribution in [-0.4, -0.2) is 15.3 Å². The number of hydrogen-bond donors (Lipinski definition) is 0. The highest BCUT2D eigenvalue weighted by molar-refractivity contribution is 6.08. The molecule has 0 saturated heterocycles. The number of para-hydroxylation sites is 2. The normalized spacial score (nSPS) is 10.8. The van der Waals surface area contributed by atoms with Crippen LogP contribution in [0.1, 0.15) is 28.2 Å². The lowest BCUT2D eigenvalue weighted by atomic mass is 10.1. The molecule has 1 heterocycles. The molecular formula is C19H18N2O. The molecule has 110 valence electrons. The van der Waals surface area contributed by atoms with Gasteiger partial charge in [-0.25, -0.2) is 4.98 Å². The number of imidazole rings is 1. The maximum Gasteiger partial charge on any atom is 0.228 e. The number of carbonyl (C=O) groups is 1. The van der Waals surface area contributed by atoms with E-state index in [0.717, 1.165) is 23.0 Å². The van der Waals surface area contributed by atoms with Crippen LogP contribution in [0.15, 0.2) is 61.2 Å². The van der Waals surface area contributed by atoms with Gasteiger partial charge in [-0.2, -0.15) is 0 Å². The summed E-state index contributed by atoms with van der Waals surface area (Å²) in [7, 11) is 0. The van der Waals surface area contributed by atoms with E-state index in [9.17, 15) is 4.79 Å². The van der Waals surface area contributed by atoms with Gasteiger partial charge in [0, 0.05) is 12.1 Å². The van der Waals surface area contributed by atoms with Gasteiger partial charge < -0.3 is 4.57 Å². The Morgan fingerprint density at radius 1 is 1.18 bits per heavy atom. The van der Waals surface area contributed by atoms with Crippen molar-refractivity contribution in [1.82, 2.24) is 9.55 Å². The Bertz CT molecular complexity index is 828. The van der Waals surface area contributed by atoms with Crippen LogP contribution in [-0.2, 0) is 6.54 Å². The molecule has 3 aromatic rings. The molecular weight excluding hydrogens is 272 g/mol. The van der Waals surface area contributed by atoms with Crippen molar-refractivity contribution in [2.45, 2.75) is 19.9 Å². The lowest BCUT2D eigenvalue weighted by molar-refractivity contribution is 0.102. The summed E-state index contributed by atoms with van der Waals surface area (Å²) in [5, 5.41) is 0. The Labute approximate surface area is 129 Å². The van der Waals surface area contributed by atoms with Crippen molar-refractivity contribution in [3.05, 3.63) is 78.1 Å². The zero-order valence-electron chi connectivity index (χ0n) is 12.6. The summed E-state index contributed by atoms with van der Waals surface area (Å²) in [5.74, 6) is 0.451. The molecule has 22 heavy (non-hydrogen) atoms. The minimum Gasteiger partial charge on any atom is -0.321 e. The summed E-state index contributed by atoms with van der Waals surface area (Å²) in [6.07, 6.45) is 2.66. The van der Waals surface area contributed by atoms with E-state index >= 15 is 0 Å². The zero-order valence-corrected chi connectivity index (χ0v) is 12.6. The monoisotopic (exact) mass is 290 g/mol. The molecule has 0 aliphatic rings. The van der Waals surface area contributed by atoms with E-state index in [0.29, 0.717) is 17.9 Å². The topological polar surface area (TPSA) is 34.9 Å². The van der Waals surface area contributed by atoms with Crippen molar-refractivity contribution in [1.29, 1.82) is 0 Å². The molecule has 0 radical (unpaired) electrons. The van der Waals surface area contributed by atoms with Crippen LogP contribution in [0.25, 0.3) is 11.0 Å². The van der Waals surface area contributed by atoms with Gasteiger partial charge in [-0.05, 0) is 25.5 Å². The molecule has 0 atom stereocenters. The fourth-order valence-electron chi connectivity index (χ4n) is 2.53. The molecule has 1 aromatic heterocycles. The Hall–Kier alpha value is -2.68. The Morgan fingerprint density at radius 3 is 2.64 bits per heavy atom. The highest BCUT2D eigenvalue weighted by atomic mass is 16.1. The number of benzene rings is 2. The number of carbonyl (C=O) groups excluding carboxylic acids is 1. The van der Waals surface area contributed by atoms with Crippen LogP contribution in [0, 0.1) is 6.92 Å². The first kappa shape index (κ1) is 14.3. The van der Waals surface area contributed by atoms with Gasteiger partial charge >= 0.3 is 0 Å². The quantitative estimate of drug-likeness (QED) is 0.522. The summed E-state index contributed by atoms with van der Waals surface area (Å²) < 4.78 is 1.99. The fourth-order valence-corrected chi connectivity index (χ4v) is 2.53. The summed E-state index contributed by atoms with van der Waals surface area (Å²) in [6, 6.07) is 15.4. The first-order valence-electron chi connectivity index (χ1n) is 7.38. The van der Waals surface area contributed by atoms with Crippen molar-refractivity contribution < 1.29 is 4.79 Å². The van der Waals surface area contributed by atoms with Crippen molar-refractivity contribution in [3.63, 3.8) is 0 Å². The first-order valence-corrected chi connectivity index (χ1v) is 7.38. The lowest BCUT2D eigenvalue weighted by Crippen LogP contribution is -2.11. The molecule has 0 fully saturated rings. The van der Waals surface area contributed by atoms with E-state index in [1.807, 2.05) is 66.1 Å². The van der Waals surface area contributed by atoms with Gasteiger partial charge in [-0.3, -0.25) is 4.79 Å². The molecule has 0 bridgehead atoms.